The fourth-order valence-corrected chi connectivity index (χ4v) is 5.21. The number of Topliss-reactive ketones (excluding diaryl/α,β-unsaturated/α-hetero) is 1. The summed E-state index contributed by atoms with van der Waals surface area (Å²) < 4.78 is 0. The van der Waals surface area contributed by atoms with Gasteiger partial charge >= 0.3 is 0 Å². The largest absolute Gasteiger partial charge is 0.511 e. The maximum Gasteiger partial charge on any atom is 0.168 e. The SMILES string of the molecule is CO/N=C(/C)C1=C(O)CC(c2c(C)c(C)c3c(c2Cl)CC(C)(C)C3)CC1=O. The second-order valence-electron chi connectivity index (χ2n) is 8.66. The van der Waals surface area contributed by atoms with Crippen LogP contribution in [0.15, 0.2) is 16.5 Å². The monoisotopic (exact) mass is 389 g/mol. The molecule has 0 bridgehead atoms. The van der Waals surface area contributed by atoms with Gasteiger partial charge in [-0.15, -0.1) is 0 Å². The molecule has 1 unspecified atom stereocenters. The highest BCUT2D eigenvalue weighted by molar-refractivity contribution is 6.32. The van der Waals surface area contributed by atoms with E-state index in [0.717, 1.165) is 29.0 Å². The van der Waals surface area contributed by atoms with Crippen molar-refractivity contribution < 1.29 is 14.7 Å². The molecule has 0 heterocycles. The predicted octanol–water partition coefficient (Wildman–Crippen LogP) is 5.36. The van der Waals surface area contributed by atoms with E-state index >= 15 is 0 Å². The van der Waals surface area contributed by atoms with Crippen LogP contribution in [0.1, 0.15) is 67.3 Å². The quantitative estimate of drug-likeness (QED) is 0.559. The third-order valence-corrected chi connectivity index (χ3v) is 6.46. The van der Waals surface area contributed by atoms with Crippen molar-refractivity contribution in [3.63, 3.8) is 0 Å². The van der Waals surface area contributed by atoms with Crippen molar-refractivity contribution in [2.75, 3.05) is 7.11 Å². The number of halogens is 1. The molecule has 146 valence electrons. The van der Waals surface area contributed by atoms with E-state index in [0.29, 0.717) is 18.6 Å². The second kappa shape index (κ2) is 6.97. The summed E-state index contributed by atoms with van der Waals surface area (Å²) in [6, 6.07) is 0. The number of hydrogen-bond acceptors (Lipinski definition) is 4. The van der Waals surface area contributed by atoms with Gasteiger partial charge in [-0.05, 0) is 72.8 Å². The number of oxime groups is 1. The van der Waals surface area contributed by atoms with Crippen LogP contribution in [0.2, 0.25) is 5.02 Å². The van der Waals surface area contributed by atoms with Crippen LogP contribution >= 0.6 is 11.6 Å². The first-order chi connectivity index (χ1) is 12.6. The van der Waals surface area contributed by atoms with Gasteiger partial charge in [0.1, 0.15) is 12.9 Å². The third-order valence-electron chi connectivity index (χ3n) is 6.03. The Hall–Kier alpha value is -1.81. The number of allylic oxidation sites excluding steroid dienone is 2. The maximum absolute atomic E-state index is 12.8. The Morgan fingerprint density at radius 1 is 1.19 bits per heavy atom. The van der Waals surface area contributed by atoms with Crippen LogP contribution in [-0.4, -0.2) is 23.7 Å². The molecule has 1 aromatic carbocycles. The zero-order valence-electron chi connectivity index (χ0n) is 17.0. The zero-order valence-corrected chi connectivity index (χ0v) is 17.8. The van der Waals surface area contributed by atoms with Gasteiger partial charge in [-0.25, -0.2) is 0 Å². The number of carbonyl (C=O) groups excluding carboxylic acids is 1. The molecule has 1 aromatic rings. The lowest BCUT2D eigenvalue weighted by atomic mass is 9.78. The molecule has 0 radical (unpaired) electrons. The lowest BCUT2D eigenvalue weighted by molar-refractivity contribution is -0.116. The molecule has 2 aliphatic carbocycles. The molecule has 0 spiro atoms. The van der Waals surface area contributed by atoms with Gasteiger partial charge in [0.05, 0.1) is 11.3 Å². The summed E-state index contributed by atoms with van der Waals surface area (Å²) in [5.74, 6) is -0.156. The van der Waals surface area contributed by atoms with Gasteiger partial charge < -0.3 is 9.94 Å². The predicted molar refractivity (Wildman–Crippen MR) is 109 cm³/mol. The molecule has 27 heavy (non-hydrogen) atoms. The molecule has 2 aliphatic rings. The van der Waals surface area contributed by atoms with E-state index in [2.05, 4.69) is 32.9 Å². The first-order valence-electron chi connectivity index (χ1n) is 9.41. The number of carbonyl (C=O) groups is 1. The molecule has 0 amide bonds. The van der Waals surface area contributed by atoms with Crippen LogP contribution in [0.25, 0.3) is 0 Å². The lowest BCUT2D eigenvalue weighted by Gasteiger charge is -2.28. The van der Waals surface area contributed by atoms with Crippen LogP contribution in [0.3, 0.4) is 0 Å². The summed E-state index contributed by atoms with van der Waals surface area (Å²) in [6.45, 7) is 10.4. The normalized spacial score (nSPS) is 22.3. The number of ketones is 1. The van der Waals surface area contributed by atoms with E-state index in [1.54, 1.807) is 6.92 Å². The van der Waals surface area contributed by atoms with Gasteiger partial charge in [0, 0.05) is 17.9 Å². The van der Waals surface area contributed by atoms with E-state index in [9.17, 15) is 9.90 Å². The summed E-state index contributed by atoms with van der Waals surface area (Å²) >= 11 is 6.88. The highest BCUT2D eigenvalue weighted by Crippen LogP contribution is 2.48. The summed E-state index contributed by atoms with van der Waals surface area (Å²) in [6.07, 6.45) is 2.68. The molecule has 3 rings (SSSR count). The average molecular weight is 390 g/mol. The van der Waals surface area contributed by atoms with Gasteiger partial charge in [0.15, 0.2) is 5.78 Å². The minimum Gasteiger partial charge on any atom is -0.511 e. The number of nitrogens with zero attached hydrogens (tertiary/aromatic N) is 1. The van der Waals surface area contributed by atoms with Crippen LogP contribution < -0.4 is 0 Å². The first-order valence-corrected chi connectivity index (χ1v) is 9.79. The van der Waals surface area contributed by atoms with Crippen LogP contribution in [-0.2, 0) is 22.5 Å². The highest BCUT2D eigenvalue weighted by Gasteiger charge is 2.37. The molecule has 0 saturated heterocycles. The standard InChI is InChI=1S/C22H28ClNO3/c1-11-12(2)19(21(23)16-10-22(4,5)9-15(11)16)14-7-17(25)20(18(26)8-14)13(3)24-27-6/h14,25H,7-10H2,1-6H3/b24-13-. The van der Waals surface area contributed by atoms with Crippen molar-refractivity contribution in [2.45, 2.75) is 66.2 Å². The number of benzene rings is 1. The fraction of sp³-hybridized carbons (Fsp3) is 0.545. The van der Waals surface area contributed by atoms with E-state index in [4.69, 9.17) is 16.4 Å². The lowest BCUT2D eigenvalue weighted by Crippen LogP contribution is -2.23. The maximum atomic E-state index is 12.8. The van der Waals surface area contributed by atoms with Crippen LogP contribution in [0.4, 0.5) is 0 Å². The minimum atomic E-state index is -0.115. The van der Waals surface area contributed by atoms with Crippen molar-refractivity contribution in [3.05, 3.63) is 44.2 Å². The van der Waals surface area contributed by atoms with Gasteiger partial charge in [0.25, 0.3) is 0 Å². The Balaban J connectivity index is 2.06. The number of rotatable bonds is 3. The molecular weight excluding hydrogens is 362 g/mol. The highest BCUT2D eigenvalue weighted by atomic mass is 35.5. The smallest absolute Gasteiger partial charge is 0.168 e. The average Bonchev–Trinajstić information content (AvgIpc) is 2.89. The summed E-state index contributed by atoms with van der Waals surface area (Å²) in [7, 11) is 1.43. The summed E-state index contributed by atoms with van der Waals surface area (Å²) in [4.78, 5) is 17.5. The molecule has 0 fully saturated rings. The Labute approximate surface area is 166 Å². The van der Waals surface area contributed by atoms with E-state index in [1.165, 1.54) is 23.8 Å². The van der Waals surface area contributed by atoms with Gasteiger partial charge in [-0.2, -0.15) is 0 Å². The second-order valence-corrected chi connectivity index (χ2v) is 9.04. The van der Waals surface area contributed by atoms with E-state index in [-0.39, 0.29) is 28.4 Å². The topological polar surface area (TPSA) is 58.9 Å². The summed E-state index contributed by atoms with van der Waals surface area (Å²) in [5.41, 5.74) is 6.91. The van der Waals surface area contributed by atoms with E-state index in [1.807, 2.05) is 0 Å². The Morgan fingerprint density at radius 3 is 2.41 bits per heavy atom. The molecule has 0 saturated carbocycles. The first kappa shape index (κ1) is 19.9. The number of aliphatic hydroxyl groups is 1. The van der Waals surface area contributed by atoms with E-state index < -0.39 is 0 Å². The van der Waals surface area contributed by atoms with Crippen molar-refractivity contribution in [2.24, 2.45) is 10.6 Å². The fourth-order valence-electron chi connectivity index (χ4n) is 4.73. The molecule has 4 nitrogen and oxygen atoms in total. The molecule has 1 atom stereocenters. The van der Waals surface area contributed by atoms with Crippen LogP contribution in [0.5, 0.6) is 0 Å². The minimum absolute atomic E-state index is 0.0727. The zero-order chi connectivity index (χ0) is 20.1. The van der Waals surface area contributed by atoms with Gasteiger partial charge in [-0.3, -0.25) is 4.79 Å². The van der Waals surface area contributed by atoms with Crippen molar-refractivity contribution in [1.29, 1.82) is 0 Å². The number of fused-ring (bicyclic) bond motifs is 1. The Morgan fingerprint density at radius 2 is 1.81 bits per heavy atom. The summed E-state index contributed by atoms with van der Waals surface area (Å²) in [5, 5.41) is 15.2. The molecule has 1 N–H and O–H groups in total. The number of hydrogen-bond donors (Lipinski definition) is 1. The Kier molecular flexibility index (Phi) is 5.15. The van der Waals surface area contributed by atoms with Crippen molar-refractivity contribution in [3.8, 4) is 0 Å². The van der Waals surface area contributed by atoms with Crippen molar-refractivity contribution in [1.82, 2.24) is 0 Å². The third kappa shape index (κ3) is 3.40. The Bertz CT molecular complexity index is 880. The molecule has 5 heteroatoms. The molecule has 0 aromatic heterocycles. The van der Waals surface area contributed by atoms with Gasteiger partial charge in [0.2, 0.25) is 0 Å². The molecule has 0 aliphatic heterocycles. The molecular formula is C22H28ClNO3. The van der Waals surface area contributed by atoms with Crippen molar-refractivity contribution >= 4 is 23.1 Å². The van der Waals surface area contributed by atoms with Gasteiger partial charge in [-0.1, -0.05) is 30.6 Å². The van der Waals surface area contributed by atoms with Crippen LogP contribution in [0, 0.1) is 19.3 Å². The number of aliphatic hydroxyl groups excluding tert-OH is 1.